The highest BCUT2D eigenvalue weighted by molar-refractivity contribution is 6.06. The maximum atomic E-state index is 13.0. The highest BCUT2D eigenvalue weighted by Gasteiger charge is 2.71. The number of hydrogen-bond donors (Lipinski definition) is 2. The van der Waals surface area contributed by atoms with Gasteiger partial charge in [-0.15, -0.1) is 0 Å². The van der Waals surface area contributed by atoms with Crippen molar-refractivity contribution in [1.29, 1.82) is 0 Å². The number of carbonyl (C=O) groups is 4. The molecule has 232 valence electrons. The van der Waals surface area contributed by atoms with Gasteiger partial charge in [-0.2, -0.15) is 0 Å². The third-order valence-corrected chi connectivity index (χ3v) is 9.97. The van der Waals surface area contributed by atoms with Crippen molar-refractivity contribution < 1.29 is 48.3 Å². The van der Waals surface area contributed by atoms with E-state index in [-0.39, 0.29) is 62.9 Å². The second kappa shape index (κ2) is 12.8. The summed E-state index contributed by atoms with van der Waals surface area (Å²) in [6.45, 7) is 1.68. The molecule has 0 aromatic carbocycles. The number of terminal acetylenes is 1. The zero-order valence-corrected chi connectivity index (χ0v) is 24.0. The molecule has 0 aromatic rings. The molecule has 12 heteroatoms. The number of carboxylic acids is 2. The molecule has 2 N–H and O–H groups in total. The Balaban J connectivity index is 1.07. The summed E-state index contributed by atoms with van der Waals surface area (Å²) in [4.78, 5) is 52.8. The number of carboxylic acid groups (broad SMARTS) is 2. The normalized spacial score (nSPS) is 34.5. The summed E-state index contributed by atoms with van der Waals surface area (Å²) in [5.74, 6) is -4.07. The zero-order chi connectivity index (χ0) is 29.9. The zero-order valence-electron chi connectivity index (χ0n) is 24.0. The Labute approximate surface area is 246 Å². The fourth-order valence-electron chi connectivity index (χ4n) is 7.75. The first-order valence-electron chi connectivity index (χ1n) is 15.3. The van der Waals surface area contributed by atoms with Crippen LogP contribution in [0.2, 0.25) is 0 Å². The van der Waals surface area contributed by atoms with Gasteiger partial charge in [-0.1, -0.05) is 25.7 Å². The molecule has 42 heavy (non-hydrogen) atoms. The van der Waals surface area contributed by atoms with Crippen molar-refractivity contribution in [1.82, 2.24) is 9.80 Å². The van der Waals surface area contributed by atoms with E-state index in [1.807, 2.05) is 0 Å². The maximum absolute atomic E-state index is 13.0. The fraction of sp³-hybridized carbons (Fsp3) is 0.800. The predicted molar refractivity (Wildman–Crippen MR) is 146 cm³/mol. The van der Waals surface area contributed by atoms with Gasteiger partial charge in [0.1, 0.15) is 23.3 Å². The Bertz CT molecular complexity index is 1090. The van der Waals surface area contributed by atoms with Crippen molar-refractivity contribution in [3.8, 4) is 12.5 Å². The van der Waals surface area contributed by atoms with E-state index in [4.69, 9.17) is 25.4 Å². The lowest BCUT2D eigenvalue weighted by molar-refractivity contribution is -0.147. The van der Waals surface area contributed by atoms with E-state index in [9.17, 15) is 29.4 Å². The summed E-state index contributed by atoms with van der Waals surface area (Å²) in [5, 5.41) is 19.6. The summed E-state index contributed by atoms with van der Waals surface area (Å²) >= 11 is 0. The number of hydrogen-bond acceptors (Lipinski definition) is 8. The van der Waals surface area contributed by atoms with Crippen LogP contribution in [-0.4, -0.2) is 113 Å². The fourth-order valence-corrected chi connectivity index (χ4v) is 7.75. The average Bonchev–Trinajstić information content (AvgIpc) is 3.74. The minimum atomic E-state index is -1.12. The number of ether oxygens (including phenoxy) is 4. The van der Waals surface area contributed by atoms with E-state index in [2.05, 4.69) is 6.11 Å². The second-order valence-corrected chi connectivity index (χ2v) is 12.2. The molecule has 0 radical (unpaired) electrons. The molecule has 6 unspecified atom stereocenters. The second-order valence-electron chi connectivity index (χ2n) is 12.2. The molecule has 6 atom stereocenters. The Morgan fingerprint density at radius 1 is 0.738 bits per heavy atom. The Morgan fingerprint density at radius 2 is 1.24 bits per heavy atom. The number of nitrogens with zero attached hydrogens (tertiary/aromatic N) is 2. The van der Waals surface area contributed by atoms with Crippen LogP contribution in [-0.2, 0) is 38.1 Å². The molecule has 2 heterocycles. The van der Waals surface area contributed by atoms with Crippen LogP contribution < -0.4 is 0 Å². The molecule has 0 aromatic heterocycles. The molecule has 3 saturated carbocycles. The molecule has 2 saturated heterocycles. The van der Waals surface area contributed by atoms with E-state index in [1.54, 1.807) is 4.90 Å². The summed E-state index contributed by atoms with van der Waals surface area (Å²) in [5.41, 5.74) is -2.20. The van der Waals surface area contributed by atoms with Crippen LogP contribution in [0.5, 0.6) is 0 Å². The van der Waals surface area contributed by atoms with Crippen LogP contribution in [0.4, 0.5) is 0 Å². The summed E-state index contributed by atoms with van der Waals surface area (Å²) < 4.78 is 22.9. The lowest BCUT2D eigenvalue weighted by Gasteiger charge is -2.33. The summed E-state index contributed by atoms with van der Waals surface area (Å²) in [6.07, 6.45) is 15.2. The minimum Gasteiger partial charge on any atom is -0.481 e. The predicted octanol–water partition coefficient (Wildman–Crippen LogP) is 1.64. The third kappa shape index (κ3) is 5.83. The molecular formula is C30H42N2O10. The van der Waals surface area contributed by atoms with Crippen molar-refractivity contribution in [2.24, 2.45) is 11.8 Å². The van der Waals surface area contributed by atoms with Gasteiger partial charge in [0, 0.05) is 25.9 Å². The van der Waals surface area contributed by atoms with E-state index < -0.39 is 34.9 Å². The number of aliphatic carboxylic acids is 2. The van der Waals surface area contributed by atoms with Crippen LogP contribution in [0.3, 0.4) is 0 Å². The Hall–Kier alpha value is -2.88. The number of amides is 2. The molecule has 3 aliphatic carbocycles. The SMILES string of the molecule is C#COC1CCC(C(=O)O)C2(C1)C(=O)N2CCOCCN1C(=O)C12CC(OCCOC1CCCCC1)CCC2C(=O)O. The first-order valence-corrected chi connectivity index (χ1v) is 15.3. The minimum absolute atomic E-state index is 0.157. The monoisotopic (exact) mass is 590 g/mol. The van der Waals surface area contributed by atoms with Gasteiger partial charge in [-0.3, -0.25) is 19.2 Å². The van der Waals surface area contributed by atoms with Gasteiger partial charge >= 0.3 is 11.9 Å². The lowest BCUT2D eigenvalue weighted by atomic mass is 9.76. The van der Waals surface area contributed by atoms with Crippen molar-refractivity contribution in [2.45, 2.75) is 100 Å². The van der Waals surface area contributed by atoms with E-state index >= 15 is 0 Å². The van der Waals surface area contributed by atoms with Crippen LogP contribution in [0, 0.1) is 24.4 Å². The molecule has 5 aliphatic rings. The van der Waals surface area contributed by atoms with Gasteiger partial charge in [-0.25, -0.2) is 0 Å². The van der Waals surface area contributed by atoms with Crippen LogP contribution >= 0.6 is 0 Å². The molecule has 2 spiro atoms. The van der Waals surface area contributed by atoms with E-state index in [1.165, 1.54) is 24.2 Å². The molecule has 5 fully saturated rings. The van der Waals surface area contributed by atoms with E-state index in [0.29, 0.717) is 45.3 Å². The van der Waals surface area contributed by atoms with Crippen LogP contribution in [0.15, 0.2) is 0 Å². The van der Waals surface area contributed by atoms with Gasteiger partial charge < -0.3 is 39.0 Å². The van der Waals surface area contributed by atoms with Crippen molar-refractivity contribution >= 4 is 23.8 Å². The van der Waals surface area contributed by atoms with Gasteiger partial charge in [0.25, 0.3) is 11.8 Å². The highest BCUT2D eigenvalue weighted by Crippen LogP contribution is 2.52. The van der Waals surface area contributed by atoms with Crippen molar-refractivity contribution in [2.75, 3.05) is 39.5 Å². The third-order valence-electron chi connectivity index (χ3n) is 9.97. The Kier molecular flexibility index (Phi) is 9.30. The number of rotatable bonds is 14. The van der Waals surface area contributed by atoms with Gasteiger partial charge in [0.2, 0.25) is 0 Å². The highest BCUT2D eigenvalue weighted by atomic mass is 16.5. The van der Waals surface area contributed by atoms with Crippen molar-refractivity contribution in [3.63, 3.8) is 0 Å². The van der Waals surface area contributed by atoms with Crippen LogP contribution in [0.25, 0.3) is 0 Å². The average molecular weight is 591 g/mol. The number of carbonyl (C=O) groups excluding carboxylic acids is 2. The molecule has 5 rings (SSSR count). The smallest absolute Gasteiger partial charge is 0.309 e. The molecular weight excluding hydrogens is 548 g/mol. The summed E-state index contributed by atoms with van der Waals surface area (Å²) in [7, 11) is 0. The first kappa shape index (κ1) is 30.6. The van der Waals surface area contributed by atoms with Gasteiger partial charge in [0.15, 0.2) is 0 Å². The van der Waals surface area contributed by atoms with Crippen LogP contribution in [0.1, 0.15) is 70.6 Å². The van der Waals surface area contributed by atoms with E-state index in [0.717, 1.165) is 12.8 Å². The molecule has 0 bridgehead atoms. The quantitative estimate of drug-likeness (QED) is 0.174. The van der Waals surface area contributed by atoms with Gasteiger partial charge in [0.05, 0.1) is 50.5 Å². The standard InChI is InChI=1S/C30H42N2O10/c1-2-40-21-8-10-23(25(33)34)29(18-21)27(37)31(29)12-14-39-15-13-32-28(38)30(32)19-22(9-11-24(30)26(35)36)42-17-16-41-20-6-4-3-5-7-20/h1,20-24H,3-19H2,(H,33,34)(H,35,36). The molecule has 12 nitrogen and oxygen atoms in total. The lowest BCUT2D eigenvalue weighted by Crippen LogP contribution is -2.44. The molecule has 2 aliphatic heterocycles. The summed E-state index contributed by atoms with van der Waals surface area (Å²) in [6, 6.07) is 0. The van der Waals surface area contributed by atoms with Gasteiger partial charge in [-0.05, 0) is 38.5 Å². The largest absolute Gasteiger partial charge is 0.481 e. The first-order chi connectivity index (χ1) is 20.3. The Morgan fingerprint density at radius 3 is 1.76 bits per heavy atom. The van der Waals surface area contributed by atoms with Crippen molar-refractivity contribution in [3.05, 3.63) is 0 Å². The maximum Gasteiger partial charge on any atom is 0.309 e. The molecule has 2 amide bonds. The topological polar surface area (TPSA) is 152 Å².